The molecule has 1 aliphatic heterocycles. The highest BCUT2D eigenvalue weighted by atomic mass is 32.2. The van der Waals surface area contributed by atoms with Gasteiger partial charge in [-0.2, -0.15) is 0 Å². The van der Waals surface area contributed by atoms with Crippen molar-refractivity contribution in [3.05, 3.63) is 64.5 Å². The second-order valence-corrected chi connectivity index (χ2v) is 6.09. The number of thioether (sulfide) groups is 1. The molecule has 2 amide bonds. The zero-order valence-corrected chi connectivity index (χ0v) is 13.1. The highest BCUT2D eigenvalue weighted by molar-refractivity contribution is 8.03. The van der Waals surface area contributed by atoms with Gasteiger partial charge in [-0.25, -0.2) is 0 Å². The molecule has 22 heavy (non-hydrogen) atoms. The van der Waals surface area contributed by atoms with Crippen LogP contribution in [0.2, 0.25) is 0 Å². The smallest absolute Gasteiger partial charge is 0.267 e. The van der Waals surface area contributed by atoms with Gasteiger partial charge in [-0.15, -0.1) is 11.8 Å². The normalized spacial score (nSPS) is 15.1. The molecule has 112 valence electrons. The molecule has 0 bridgehead atoms. The lowest BCUT2D eigenvalue weighted by atomic mass is 10.0. The molecule has 0 saturated carbocycles. The van der Waals surface area contributed by atoms with Crippen LogP contribution >= 0.6 is 11.8 Å². The minimum absolute atomic E-state index is 0.253. The van der Waals surface area contributed by atoms with Crippen molar-refractivity contribution in [2.75, 3.05) is 7.05 Å². The van der Waals surface area contributed by atoms with Crippen LogP contribution in [0.15, 0.2) is 52.0 Å². The Labute approximate surface area is 132 Å². The Morgan fingerprint density at radius 3 is 2.45 bits per heavy atom. The van der Waals surface area contributed by atoms with Crippen molar-refractivity contribution in [2.24, 2.45) is 0 Å². The van der Waals surface area contributed by atoms with Gasteiger partial charge < -0.3 is 4.42 Å². The molecule has 0 aliphatic carbocycles. The molecule has 1 aliphatic rings. The summed E-state index contributed by atoms with van der Waals surface area (Å²) in [6.45, 7) is 1.98. The van der Waals surface area contributed by atoms with Crippen molar-refractivity contribution in [3.8, 4) is 0 Å². The Bertz CT molecular complexity index is 745. The van der Waals surface area contributed by atoms with E-state index in [-0.39, 0.29) is 11.8 Å². The van der Waals surface area contributed by atoms with E-state index in [0.29, 0.717) is 16.2 Å². The molecule has 2 aromatic rings. The number of hydrogen-bond acceptors (Lipinski definition) is 4. The Balaban J connectivity index is 1.97. The van der Waals surface area contributed by atoms with Crippen LogP contribution < -0.4 is 0 Å². The van der Waals surface area contributed by atoms with Gasteiger partial charge in [-0.3, -0.25) is 14.5 Å². The van der Waals surface area contributed by atoms with Crippen LogP contribution in [0.3, 0.4) is 0 Å². The maximum absolute atomic E-state index is 12.4. The third kappa shape index (κ3) is 2.60. The highest BCUT2D eigenvalue weighted by Crippen LogP contribution is 2.36. The van der Waals surface area contributed by atoms with Gasteiger partial charge in [0.1, 0.15) is 5.76 Å². The fraction of sp³-hybridized carbons (Fsp3) is 0.176. The predicted octanol–water partition coefficient (Wildman–Crippen LogP) is 3.23. The molecule has 0 atom stereocenters. The molecule has 0 radical (unpaired) electrons. The maximum atomic E-state index is 12.4. The molecule has 3 rings (SSSR count). The molecule has 0 saturated heterocycles. The van der Waals surface area contributed by atoms with E-state index in [0.717, 1.165) is 16.9 Å². The zero-order chi connectivity index (χ0) is 15.7. The number of furan rings is 1. The molecule has 5 heteroatoms. The average Bonchev–Trinajstić information content (AvgIpc) is 3.10. The number of aryl methyl sites for hydroxylation is 1. The Morgan fingerprint density at radius 2 is 1.82 bits per heavy atom. The summed E-state index contributed by atoms with van der Waals surface area (Å²) in [5, 5.41) is 0. The Hall–Kier alpha value is -2.27. The van der Waals surface area contributed by atoms with Crippen molar-refractivity contribution in [2.45, 2.75) is 12.7 Å². The standard InChI is InChI=1S/C17H15NO3S/c1-11-5-7-12(8-6-11)14-15(17(20)18(2)16(14)19)22-10-13-4-3-9-21-13/h3-9H,10H2,1-2H3. The van der Waals surface area contributed by atoms with Crippen molar-refractivity contribution in [3.63, 3.8) is 0 Å². The zero-order valence-electron chi connectivity index (χ0n) is 12.3. The van der Waals surface area contributed by atoms with Gasteiger partial charge in [0.25, 0.3) is 11.8 Å². The number of rotatable bonds is 4. The van der Waals surface area contributed by atoms with Gasteiger partial charge in [0.05, 0.1) is 22.5 Å². The highest BCUT2D eigenvalue weighted by Gasteiger charge is 2.36. The van der Waals surface area contributed by atoms with E-state index in [1.165, 1.54) is 23.7 Å². The number of carbonyl (C=O) groups excluding carboxylic acids is 2. The van der Waals surface area contributed by atoms with Crippen LogP contribution in [-0.4, -0.2) is 23.8 Å². The Kier molecular flexibility index (Phi) is 3.90. The summed E-state index contributed by atoms with van der Waals surface area (Å²) in [6, 6.07) is 11.3. The summed E-state index contributed by atoms with van der Waals surface area (Å²) in [6.07, 6.45) is 1.60. The minimum atomic E-state index is -0.254. The van der Waals surface area contributed by atoms with Crippen LogP contribution in [-0.2, 0) is 15.3 Å². The quantitative estimate of drug-likeness (QED) is 0.813. The third-order valence-corrected chi connectivity index (χ3v) is 4.62. The van der Waals surface area contributed by atoms with Crippen LogP contribution in [0.4, 0.5) is 0 Å². The molecule has 1 aromatic carbocycles. The van der Waals surface area contributed by atoms with E-state index < -0.39 is 0 Å². The lowest BCUT2D eigenvalue weighted by Gasteiger charge is -2.06. The van der Waals surface area contributed by atoms with E-state index in [4.69, 9.17) is 4.42 Å². The summed E-state index contributed by atoms with van der Waals surface area (Å²) in [7, 11) is 1.51. The van der Waals surface area contributed by atoms with Gasteiger partial charge >= 0.3 is 0 Å². The first-order valence-corrected chi connectivity index (χ1v) is 7.85. The topological polar surface area (TPSA) is 50.5 Å². The lowest BCUT2D eigenvalue weighted by molar-refractivity contribution is -0.134. The van der Waals surface area contributed by atoms with Crippen molar-refractivity contribution < 1.29 is 14.0 Å². The van der Waals surface area contributed by atoms with Crippen LogP contribution in [0.5, 0.6) is 0 Å². The summed E-state index contributed by atoms with van der Waals surface area (Å²) in [5.41, 5.74) is 2.36. The summed E-state index contributed by atoms with van der Waals surface area (Å²) < 4.78 is 5.29. The number of carbonyl (C=O) groups is 2. The number of benzene rings is 1. The number of likely N-dealkylation sites (N-methyl/N-ethyl adjacent to an activating group) is 1. The molecule has 0 unspecified atom stereocenters. The van der Waals surface area contributed by atoms with Crippen LogP contribution in [0.1, 0.15) is 16.9 Å². The van der Waals surface area contributed by atoms with Crippen molar-refractivity contribution in [1.82, 2.24) is 4.90 Å². The van der Waals surface area contributed by atoms with Gasteiger partial charge in [0.15, 0.2) is 0 Å². The number of amides is 2. The Morgan fingerprint density at radius 1 is 1.09 bits per heavy atom. The van der Waals surface area contributed by atoms with E-state index >= 15 is 0 Å². The first-order chi connectivity index (χ1) is 10.6. The fourth-order valence-electron chi connectivity index (χ4n) is 2.26. The number of imide groups is 1. The van der Waals surface area contributed by atoms with E-state index in [2.05, 4.69) is 0 Å². The molecule has 2 heterocycles. The van der Waals surface area contributed by atoms with Crippen LogP contribution in [0, 0.1) is 6.92 Å². The van der Waals surface area contributed by atoms with Crippen LogP contribution in [0.25, 0.3) is 5.57 Å². The molecule has 4 nitrogen and oxygen atoms in total. The third-order valence-electron chi connectivity index (χ3n) is 3.52. The molecular formula is C17H15NO3S. The van der Waals surface area contributed by atoms with Crippen molar-refractivity contribution in [1.29, 1.82) is 0 Å². The van der Waals surface area contributed by atoms with E-state index in [1.54, 1.807) is 12.3 Å². The summed E-state index contributed by atoms with van der Waals surface area (Å²) in [5.74, 6) is 0.786. The van der Waals surface area contributed by atoms with Gasteiger partial charge in [0, 0.05) is 7.05 Å². The predicted molar refractivity (Wildman–Crippen MR) is 85.9 cm³/mol. The molecule has 0 spiro atoms. The fourth-order valence-corrected chi connectivity index (χ4v) is 3.32. The number of nitrogens with zero attached hydrogens (tertiary/aromatic N) is 1. The largest absolute Gasteiger partial charge is 0.468 e. The first-order valence-electron chi connectivity index (χ1n) is 6.87. The lowest BCUT2D eigenvalue weighted by Crippen LogP contribution is -2.26. The van der Waals surface area contributed by atoms with E-state index in [9.17, 15) is 9.59 Å². The van der Waals surface area contributed by atoms with E-state index in [1.807, 2.05) is 37.3 Å². The van der Waals surface area contributed by atoms with Gasteiger partial charge in [-0.1, -0.05) is 29.8 Å². The SMILES string of the molecule is Cc1ccc(C2=C(SCc3ccco3)C(=O)N(C)C2=O)cc1. The summed E-state index contributed by atoms with van der Waals surface area (Å²) in [4.78, 5) is 26.4. The average molecular weight is 313 g/mol. The molecule has 1 aromatic heterocycles. The molecular weight excluding hydrogens is 298 g/mol. The summed E-state index contributed by atoms with van der Waals surface area (Å²) >= 11 is 1.34. The van der Waals surface area contributed by atoms with Gasteiger partial charge in [0.2, 0.25) is 0 Å². The first kappa shape index (κ1) is 14.7. The van der Waals surface area contributed by atoms with Gasteiger partial charge in [-0.05, 0) is 24.6 Å². The second-order valence-electron chi connectivity index (χ2n) is 5.11. The minimum Gasteiger partial charge on any atom is -0.468 e. The molecule has 0 fully saturated rings. The second kappa shape index (κ2) is 5.85. The number of hydrogen-bond donors (Lipinski definition) is 0. The van der Waals surface area contributed by atoms with Crippen molar-refractivity contribution >= 4 is 29.1 Å². The monoisotopic (exact) mass is 313 g/mol. The maximum Gasteiger partial charge on any atom is 0.267 e. The molecule has 0 N–H and O–H groups in total.